The summed E-state index contributed by atoms with van der Waals surface area (Å²) < 4.78 is 21.7. The van der Waals surface area contributed by atoms with Gasteiger partial charge in [0.15, 0.2) is 0 Å². The third kappa shape index (κ3) is 8.57. The van der Waals surface area contributed by atoms with E-state index < -0.39 is 15.9 Å². The van der Waals surface area contributed by atoms with Crippen LogP contribution in [0.2, 0.25) is 0 Å². The summed E-state index contributed by atoms with van der Waals surface area (Å²) >= 11 is 0. The van der Waals surface area contributed by atoms with Crippen molar-refractivity contribution in [3.8, 4) is 0 Å². The number of sulfone groups is 1. The van der Waals surface area contributed by atoms with Gasteiger partial charge in [-0.15, -0.1) is 0 Å². The fourth-order valence-electron chi connectivity index (χ4n) is 1.12. The summed E-state index contributed by atoms with van der Waals surface area (Å²) in [5.41, 5.74) is 5.60. The summed E-state index contributed by atoms with van der Waals surface area (Å²) in [6.07, 6.45) is 2.64. The lowest BCUT2D eigenvalue weighted by Crippen LogP contribution is -2.32. The number of nitrogens with two attached hydrogens (primary N) is 1. The first-order valence-electron chi connectivity index (χ1n) is 5.18. The standard InChI is InChI=1S/C10H21NO3S/c1-8(2)4-5-10(12)9(11)6-7-15(3,13)14/h8-9H,4-7,11H2,1-3H3. The molecule has 0 rings (SSSR count). The van der Waals surface area contributed by atoms with Crippen LogP contribution in [-0.2, 0) is 14.6 Å². The van der Waals surface area contributed by atoms with Crippen LogP contribution in [0.1, 0.15) is 33.1 Å². The van der Waals surface area contributed by atoms with E-state index in [1.54, 1.807) is 0 Å². The molecule has 15 heavy (non-hydrogen) atoms. The molecule has 0 aromatic rings. The fraction of sp³-hybridized carbons (Fsp3) is 0.900. The second kappa shape index (κ2) is 6.23. The van der Waals surface area contributed by atoms with E-state index in [9.17, 15) is 13.2 Å². The van der Waals surface area contributed by atoms with Crippen molar-refractivity contribution < 1.29 is 13.2 Å². The maximum atomic E-state index is 11.4. The Bertz CT molecular complexity index is 296. The molecule has 0 aromatic heterocycles. The van der Waals surface area contributed by atoms with Gasteiger partial charge in [0, 0.05) is 12.7 Å². The molecule has 0 aliphatic carbocycles. The lowest BCUT2D eigenvalue weighted by molar-refractivity contribution is -0.120. The Morgan fingerprint density at radius 1 is 1.27 bits per heavy atom. The Hall–Kier alpha value is -0.420. The van der Waals surface area contributed by atoms with Gasteiger partial charge in [0.05, 0.1) is 11.8 Å². The van der Waals surface area contributed by atoms with E-state index in [0.29, 0.717) is 12.3 Å². The van der Waals surface area contributed by atoms with Crippen LogP contribution in [0.4, 0.5) is 0 Å². The molecule has 0 aromatic carbocycles. The number of hydrogen-bond acceptors (Lipinski definition) is 4. The number of ketones is 1. The van der Waals surface area contributed by atoms with Gasteiger partial charge in [-0.2, -0.15) is 0 Å². The van der Waals surface area contributed by atoms with Crippen LogP contribution in [0.25, 0.3) is 0 Å². The SMILES string of the molecule is CC(C)CCC(=O)C(N)CCS(C)(=O)=O. The van der Waals surface area contributed by atoms with Gasteiger partial charge in [0.2, 0.25) is 0 Å². The summed E-state index contributed by atoms with van der Waals surface area (Å²) in [5.74, 6) is 0.421. The maximum Gasteiger partial charge on any atom is 0.149 e. The second-order valence-corrected chi connectivity index (χ2v) is 6.68. The van der Waals surface area contributed by atoms with Crippen molar-refractivity contribution in [1.82, 2.24) is 0 Å². The fourth-order valence-corrected chi connectivity index (χ4v) is 1.80. The van der Waals surface area contributed by atoms with Gasteiger partial charge in [0.1, 0.15) is 15.6 Å². The lowest BCUT2D eigenvalue weighted by atomic mass is 10.0. The van der Waals surface area contributed by atoms with Crippen molar-refractivity contribution in [2.24, 2.45) is 11.7 Å². The van der Waals surface area contributed by atoms with E-state index in [1.165, 1.54) is 0 Å². The molecular formula is C10H21NO3S. The van der Waals surface area contributed by atoms with Gasteiger partial charge >= 0.3 is 0 Å². The van der Waals surface area contributed by atoms with Gasteiger partial charge in [-0.3, -0.25) is 4.79 Å². The van der Waals surface area contributed by atoms with E-state index in [2.05, 4.69) is 0 Å². The molecule has 0 aliphatic heterocycles. The zero-order valence-electron chi connectivity index (χ0n) is 9.69. The summed E-state index contributed by atoms with van der Waals surface area (Å²) in [6.45, 7) is 4.07. The van der Waals surface area contributed by atoms with Crippen LogP contribution in [0.15, 0.2) is 0 Å². The Labute approximate surface area is 92.2 Å². The zero-order valence-corrected chi connectivity index (χ0v) is 10.5. The molecule has 0 bridgehead atoms. The monoisotopic (exact) mass is 235 g/mol. The van der Waals surface area contributed by atoms with Crippen molar-refractivity contribution in [1.29, 1.82) is 0 Å². The van der Waals surface area contributed by atoms with E-state index in [-0.39, 0.29) is 18.0 Å². The van der Waals surface area contributed by atoms with Gasteiger partial charge in [-0.05, 0) is 18.8 Å². The van der Waals surface area contributed by atoms with Crippen LogP contribution in [0.3, 0.4) is 0 Å². The predicted octanol–water partition coefficient (Wildman–Crippen LogP) is 0.754. The molecule has 0 spiro atoms. The summed E-state index contributed by atoms with van der Waals surface area (Å²) in [7, 11) is -3.02. The average molecular weight is 235 g/mol. The van der Waals surface area contributed by atoms with Crippen LogP contribution < -0.4 is 5.73 Å². The van der Waals surface area contributed by atoms with Crippen LogP contribution in [-0.4, -0.2) is 32.3 Å². The molecule has 1 unspecified atom stereocenters. The van der Waals surface area contributed by atoms with Crippen molar-refractivity contribution >= 4 is 15.6 Å². The van der Waals surface area contributed by atoms with Crippen LogP contribution in [0.5, 0.6) is 0 Å². The highest BCUT2D eigenvalue weighted by molar-refractivity contribution is 7.90. The van der Waals surface area contributed by atoms with Crippen molar-refractivity contribution in [3.63, 3.8) is 0 Å². The number of carbonyl (C=O) groups is 1. The molecule has 0 saturated carbocycles. The third-order valence-electron chi connectivity index (χ3n) is 2.18. The molecule has 0 amide bonds. The minimum Gasteiger partial charge on any atom is -0.321 e. The Morgan fingerprint density at radius 2 is 1.80 bits per heavy atom. The third-order valence-corrected chi connectivity index (χ3v) is 3.16. The van der Waals surface area contributed by atoms with Crippen LogP contribution >= 0.6 is 0 Å². The summed E-state index contributed by atoms with van der Waals surface area (Å²) in [5, 5.41) is 0. The second-order valence-electron chi connectivity index (χ2n) is 4.42. The van der Waals surface area contributed by atoms with Gasteiger partial charge in [-0.1, -0.05) is 13.8 Å². The molecule has 5 heteroatoms. The molecular weight excluding hydrogens is 214 g/mol. The number of hydrogen-bond donors (Lipinski definition) is 1. The van der Waals surface area contributed by atoms with E-state index >= 15 is 0 Å². The van der Waals surface area contributed by atoms with Crippen molar-refractivity contribution in [2.45, 2.75) is 39.2 Å². The predicted molar refractivity (Wildman–Crippen MR) is 61.4 cm³/mol. The number of Topliss-reactive ketones (excluding diaryl/α,β-unsaturated/α-hetero) is 1. The first-order valence-corrected chi connectivity index (χ1v) is 7.24. The van der Waals surface area contributed by atoms with Gasteiger partial charge in [0.25, 0.3) is 0 Å². The van der Waals surface area contributed by atoms with E-state index in [1.807, 2.05) is 13.8 Å². The molecule has 0 fully saturated rings. The topological polar surface area (TPSA) is 77.2 Å². The van der Waals surface area contributed by atoms with Gasteiger partial charge in [-0.25, -0.2) is 8.42 Å². The van der Waals surface area contributed by atoms with Crippen molar-refractivity contribution in [2.75, 3.05) is 12.0 Å². The lowest BCUT2D eigenvalue weighted by Gasteiger charge is -2.10. The number of carbonyl (C=O) groups excluding carboxylic acids is 1. The number of rotatable bonds is 7. The van der Waals surface area contributed by atoms with Crippen molar-refractivity contribution in [3.05, 3.63) is 0 Å². The molecule has 2 N–H and O–H groups in total. The molecule has 4 nitrogen and oxygen atoms in total. The maximum absolute atomic E-state index is 11.4. The zero-order chi connectivity index (χ0) is 12.1. The molecule has 0 saturated heterocycles. The molecule has 1 atom stereocenters. The molecule has 90 valence electrons. The quantitative estimate of drug-likeness (QED) is 0.706. The largest absolute Gasteiger partial charge is 0.321 e. The first-order chi connectivity index (χ1) is 6.72. The molecule has 0 radical (unpaired) electrons. The highest BCUT2D eigenvalue weighted by Gasteiger charge is 2.15. The van der Waals surface area contributed by atoms with Gasteiger partial charge < -0.3 is 5.73 Å². The Kier molecular flexibility index (Phi) is 6.05. The van der Waals surface area contributed by atoms with E-state index in [0.717, 1.165) is 12.7 Å². The van der Waals surface area contributed by atoms with E-state index in [4.69, 9.17) is 5.73 Å². The smallest absolute Gasteiger partial charge is 0.149 e. The Morgan fingerprint density at radius 3 is 2.20 bits per heavy atom. The highest BCUT2D eigenvalue weighted by atomic mass is 32.2. The minimum atomic E-state index is -3.02. The summed E-state index contributed by atoms with van der Waals surface area (Å²) in [6, 6.07) is -0.626. The van der Waals surface area contributed by atoms with Crippen LogP contribution in [0, 0.1) is 5.92 Å². The Balaban J connectivity index is 3.90. The normalized spacial score (nSPS) is 14.2. The molecule has 0 aliphatic rings. The molecule has 0 heterocycles. The average Bonchev–Trinajstić information content (AvgIpc) is 2.08. The minimum absolute atomic E-state index is 0.0123. The highest BCUT2D eigenvalue weighted by Crippen LogP contribution is 2.06. The first kappa shape index (κ1) is 14.6. The summed E-state index contributed by atoms with van der Waals surface area (Å²) in [4.78, 5) is 11.4.